The average Bonchev–Trinajstić information content (AvgIpc) is 3.12. The summed E-state index contributed by atoms with van der Waals surface area (Å²) in [6, 6.07) is 14.4. The number of fused-ring (bicyclic) bond motifs is 3. The molecule has 11 heteroatoms. The first-order valence-electron chi connectivity index (χ1n) is 12.6. The van der Waals surface area contributed by atoms with Gasteiger partial charge >= 0.3 is 0 Å². The van der Waals surface area contributed by atoms with Gasteiger partial charge in [-0.3, -0.25) is 9.78 Å². The number of anilines is 2. The molecule has 1 atom stereocenters. The molecule has 0 spiro atoms. The third kappa shape index (κ3) is 5.08. The van der Waals surface area contributed by atoms with E-state index in [9.17, 15) is 13.2 Å². The van der Waals surface area contributed by atoms with Crippen LogP contribution >= 0.6 is 0 Å². The Morgan fingerprint density at radius 1 is 1.15 bits per heavy atom. The first-order valence-corrected chi connectivity index (χ1v) is 14.3. The molecule has 4 aromatic rings. The van der Waals surface area contributed by atoms with Gasteiger partial charge < -0.3 is 19.7 Å². The number of hydrogen-bond donors (Lipinski definition) is 1. The van der Waals surface area contributed by atoms with Gasteiger partial charge in [-0.25, -0.2) is 18.4 Å². The molecule has 2 aliphatic rings. The fraction of sp³-hybridized carbons (Fsp3) is 0.286. The van der Waals surface area contributed by atoms with Crippen LogP contribution in [0.5, 0.6) is 0 Å². The summed E-state index contributed by atoms with van der Waals surface area (Å²) in [5.74, 6) is 1.13. The van der Waals surface area contributed by atoms with Gasteiger partial charge in [0.05, 0.1) is 54.3 Å². The molecule has 0 saturated heterocycles. The molecule has 0 aliphatic carbocycles. The summed E-state index contributed by atoms with van der Waals surface area (Å²) in [7, 11) is -1.79. The number of rotatable bonds is 5. The van der Waals surface area contributed by atoms with E-state index in [1.165, 1.54) is 6.07 Å². The predicted octanol–water partition coefficient (Wildman–Crippen LogP) is 2.97. The maximum Gasteiger partial charge on any atom is 0.251 e. The number of methoxy groups -OCH3 is 1. The number of sulfone groups is 1. The monoisotopic (exact) mass is 545 g/mol. The zero-order chi connectivity index (χ0) is 27.0. The van der Waals surface area contributed by atoms with Gasteiger partial charge in [0.2, 0.25) is 0 Å². The number of ether oxygens (including phenoxy) is 2. The average molecular weight is 546 g/mol. The van der Waals surface area contributed by atoms with E-state index in [0.29, 0.717) is 17.8 Å². The summed E-state index contributed by atoms with van der Waals surface area (Å²) in [6.45, 7) is 1.14. The second-order valence-electron chi connectivity index (χ2n) is 9.57. The number of aromatic nitrogens is 3. The van der Waals surface area contributed by atoms with Crippen molar-refractivity contribution in [3.05, 3.63) is 83.3 Å². The highest BCUT2D eigenvalue weighted by Crippen LogP contribution is 2.32. The maximum absolute atomic E-state index is 12.9. The van der Waals surface area contributed by atoms with Crippen molar-refractivity contribution >= 4 is 38.3 Å². The number of benzene rings is 1. The van der Waals surface area contributed by atoms with Crippen molar-refractivity contribution in [1.82, 2.24) is 20.3 Å². The van der Waals surface area contributed by atoms with Crippen LogP contribution in [0.3, 0.4) is 0 Å². The smallest absolute Gasteiger partial charge is 0.251 e. The summed E-state index contributed by atoms with van der Waals surface area (Å²) >= 11 is 0. The van der Waals surface area contributed by atoms with E-state index in [1.54, 1.807) is 31.6 Å². The third-order valence-corrected chi connectivity index (χ3v) is 8.79. The second kappa shape index (κ2) is 10.3. The molecule has 2 aliphatic heterocycles. The van der Waals surface area contributed by atoms with E-state index in [2.05, 4.69) is 26.3 Å². The molecule has 200 valence electrons. The molecule has 1 amide bonds. The van der Waals surface area contributed by atoms with Crippen LogP contribution < -0.4 is 10.2 Å². The van der Waals surface area contributed by atoms with Gasteiger partial charge in [-0.15, -0.1) is 0 Å². The molecule has 0 bridgehead atoms. The summed E-state index contributed by atoms with van der Waals surface area (Å²) in [6.07, 6.45) is 4.32. The molecule has 10 nitrogen and oxygen atoms in total. The topological polar surface area (TPSA) is 124 Å². The van der Waals surface area contributed by atoms with E-state index < -0.39 is 9.84 Å². The molecule has 5 heterocycles. The van der Waals surface area contributed by atoms with Crippen LogP contribution in [-0.4, -0.2) is 61.4 Å². The highest BCUT2D eigenvalue weighted by Gasteiger charge is 2.27. The van der Waals surface area contributed by atoms with Gasteiger partial charge in [0.25, 0.3) is 5.91 Å². The molecule has 1 unspecified atom stereocenters. The Bertz CT molecular complexity index is 1680. The quantitative estimate of drug-likeness (QED) is 0.403. The minimum Gasteiger partial charge on any atom is -0.379 e. The lowest BCUT2D eigenvalue weighted by molar-refractivity contribution is 0.0950. The van der Waals surface area contributed by atoms with Crippen LogP contribution in [0.15, 0.2) is 65.8 Å². The molecule has 1 N–H and O–H groups in total. The Morgan fingerprint density at radius 3 is 2.92 bits per heavy atom. The first-order chi connectivity index (χ1) is 18.9. The van der Waals surface area contributed by atoms with Crippen molar-refractivity contribution in [1.29, 1.82) is 0 Å². The van der Waals surface area contributed by atoms with E-state index >= 15 is 0 Å². The number of hydrogen-bond acceptors (Lipinski definition) is 9. The standard InChI is InChI=1S/C28H27N5O5S/c1-37-23-11-18-3-2-8-29-27(18)33(16-23)26-7-6-20-14-30-22(13-24(20)32-26)15-31-28(34)19-4-5-21-17-38-9-10-39(35,36)25(21)12-19/h2-8,12-14,23H,9-11,15-17H2,1H3,(H,31,34). The fourth-order valence-electron chi connectivity index (χ4n) is 4.92. The number of amides is 1. The van der Waals surface area contributed by atoms with Crippen molar-refractivity contribution in [2.24, 2.45) is 0 Å². The molecule has 0 saturated carbocycles. The Balaban J connectivity index is 1.22. The largest absolute Gasteiger partial charge is 0.379 e. The highest BCUT2D eigenvalue weighted by atomic mass is 32.2. The van der Waals surface area contributed by atoms with Crippen molar-refractivity contribution in [2.45, 2.75) is 30.6 Å². The lowest BCUT2D eigenvalue weighted by Gasteiger charge is -2.33. The van der Waals surface area contributed by atoms with E-state index in [1.807, 2.05) is 24.3 Å². The number of carbonyl (C=O) groups excluding carboxylic acids is 1. The molecule has 1 aromatic carbocycles. The minimum atomic E-state index is -3.51. The predicted molar refractivity (Wildman–Crippen MR) is 145 cm³/mol. The molecule has 0 fully saturated rings. The zero-order valence-corrected chi connectivity index (χ0v) is 22.1. The Kier molecular flexibility index (Phi) is 6.71. The van der Waals surface area contributed by atoms with Gasteiger partial charge in [-0.05, 0) is 47.5 Å². The summed E-state index contributed by atoms with van der Waals surface area (Å²) < 4.78 is 36.2. The van der Waals surface area contributed by atoms with Gasteiger partial charge in [0, 0.05) is 36.9 Å². The second-order valence-corrected chi connectivity index (χ2v) is 11.7. The lowest BCUT2D eigenvalue weighted by atomic mass is 10.0. The van der Waals surface area contributed by atoms with Gasteiger partial charge in [0.15, 0.2) is 9.84 Å². The molecule has 0 radical (unpaired) electrons. The van der Waals surface area contributed by atoms with Gasteiger partial charge in [-0.2, -0.15) is 0 Å². The normalized spacial score (nSPS) is 18.2. The molecule has 3 aromatic heterocycles. The SMILES string of the molecule is COC1Cc2cccnc2N(c2ccc3cnc(CNC(=O)c4ccc5c(c4)S(=O)(=O)CCOC5)cc3n2)C1. The van der Waals surface area contributed by atoms with Crippen molar-refractivity contribution < 1.29 is 22.7 Å². The van der Waals surface area contributed by atoms with Crippen LogP contribution in [0.2, 0.25) is 0 Å². The van der Waals surface area contributed by atoms with E-state index in [-0.39, 0.29) is 48.0 Å². The first kappa shape index (κ1) is 25.4. The van der Waals surface area contributed by atoms with Crippen LogP contribution in [0.1, 0.15) is 27.2 Å². The van der Waals surface area contributed by atoms with Crippen LogP contribution in [0, 0.1) is 0 Å². The van der Waals surface area contributed by atoms with E-state index in [0.717, 1.165) is 34.5 Å². The van der Waals surface area contributed by atoms with Crippen molar-refractivity contribution in [3.8, 4) is 0 Å². The van der Waals surface area contributed by atoms with Crippen LogP contribution in [0.4, 0.5) is 11.6 Å². The maximum atomic E-state index is 12.9. The summed E-state index contributed by atoms with van der Waals surface area (Å²) in [5.41, 5.74) is 3.30. The number of pyridine rings is 3. The number of nitrogens with zero attached hydrogens (tertiary/aromatic N) is 4. The Labute approximate surface area is 225 Å². The Hall–Kier alpha value is -3.93. The molecular formula is C28H27N5O5S. The molecule has 39 heavy (non-hydrogen) atoms. The summed E-state index contributed by atoms with van der Waals surface area (Å²) in [5, 5.41) is 3.71. The van der Waals surface area contributed by atoms with Gasteiger partial charge in [-0.1, -0.05) is 12.1 Å². The lowest BCUT2D eigenvalue weighted by Crippen LogP contribution is -2.37. The molecular weight excluding hydrogens is 518 g/mol. The number of nitrogens with one attached hydrogen (secondary N) is 1. The zero-order valence-electron chi connectivity index (χ0n) is 21.3. The van der Waals surface area contributed by atoms with Crippen LogP contribution in [0.25, 0.3) is 10.9 Å². The van der Waals surface area contributed by atoms with Crippen LogP contribution in [-0.2, 0) is 38.9 Å². The third-order valence-electron chi connectivity index (χ3n) is 7.03. The van der Waals surface area contributed by atoms with E-state index in [4.69, 9.17) is 14.5 Å². The highest BCUT2D eigenvalue weighted by molar-refractivity contribution is 7.91. The number of carbonyl (C=O) groups is 1. The minimum absolute atomic E-state index is 0.0258. The fourth-order valence-corrected chi connectivity index (χ4v) is 6.32. The van der Waals surface area contributed by atoms with Crippen molar-refractivity contribution in [3.63, 3.8) is 0 Å². The summed E-state index contributed by atoms with van der Waals surface area (Å²) in [4.78, 5) is 29.0. The van der Waals surface area contributed by atoms with Crippen molar-refractivity contribution in [2.75, 3.05) is 30.9 Å². The molecule has 6 rings (SSSR count). The Morgan fingerprint density at radius 2 is 2.05 bits per heavy atom. The van der Waals surface area contributed by atoms with Gasteiger partial charge in [0.1, 0.15) is 11.6 Å².